The fourth-order valence-corrected chi connectivity index (χ4v) is 0. The number of unbranched alkanes of at least 4 members (excludes halogenated alkanes) is 1. The molecule has 0 rings (SSSR count). The molecule has 0 aromatic heterocycles. The van der Waals surface area contributed by atoms with Crippen molar-refractivity contribution >= 4 is 18.5 Å². The lowest BCUT2D eigenvalue weighted by molar-refractivity contribution is 0.135. The third kappa shape index (κ3) is 975. The fraction of sp³-hybridized carbons (Fsp3) is 0.286. The SMILES string of the molecule is O=C(O)O.O=C(O)O.O=C(O)O.[CH2]CC[CH2]. The maximum Gasteiger partial charge on any atom is 0.503 e. The molecule has 6 N–H and O–H groups in total. The first-order valence-electron chi connectivity index (χ1n) is 3.45. The Kier molecular flexibility index (Phi) is 33.9. The third-order valence-corrected chi connectivity index (χ3v) is 0.250. The lowest BCUT2D eigenvalue weighted by Crippen LogP contribution is -1.81. The van der Waals surface area contributed by atoms with Crippen molar-refractivity contribution in [1.82, 2.24) is 0 Å². The van der Waals surface area contributed by atoms with E-state index >= 15 is 0 Å². The standard InChI is InChI=1S/C4H8.3CH2O3/c1-3-4-2;3*2-1(3)4/h1-4H2;3*(H2,2,3,4). The lowest BCUT2D eigenvalue weighted by Gasteiger charge is -1.67. The highest BCUT2D eigenvalue weighted by Gasteiger charge is 1.71. The van der Waals surface area contributed by atoms with Crippen molar-refractivity contribution in [3.63, 3.8) is 0 Å². The topological polar surface area (TPSA) is 173 Å². The number of carboxylic acid groups (broad SMARTS) is 6. The number of hydrogen-bond acceptors (Lipinski definition) is 3. The fourth-order valence-electron chi connectivity index (χ4n) is 0. The van der Waals surface area contributed by atoms with Crippen LogP contribution in [0.5, 0.6) is 0 Å². The van der Waals surface area contributed by atoms with Gasteiger partial charge in [-0.05, 0) is 0 Å². The first kappa shape index (κ1) is 23.5. The highest BCUT2D eigenvalue weighted by Crippen LogP contribution is 1.75. The zero-order valence-corrected chi connectivity index (χ0v) is 8.24. The molecule has 0 aliphatic rings. The van der Waals surface area contributed by atoms with Crippen LogP contribution >= 0.6 is 0 Å². The van der Waals surface area contributed by atoms with Crippen LogP contribution in [0.15, 0.2) is 0 Å². The molecule has 2 radical (unpaired) electrons. The Morgan fingerprint density at radius 3 is 0.688 bits per heavy atom. The lowest BCUT2D eigenvalue weighted by atomic mass is 10.4. The molecule has 0 saturated heterocycles. The Balaban J connectivity index is -0.0000000600. The van der Waals surface area contributed by atoms with Gasteiger partial charge in [0.2, 0.25) is 0 Å². The first-order chi connectivity index (χ1) is 7.11. The number of hydrogen-bond donors (Lipinski definition) is 6. The second kappa shape index (κ2) is 23.0. The van der Waals surface area contributed by atoms with Crippen molar-refractivity contribution in [2.24, 2.45) is 0 Å². The monoisotopic (exact) mass is 242 g/mol. The predicted molar refractivity (Wildman–Crippen MR) is 51.9 cm³/mol. The van der Waals surface area contributed by atoms with E-state index in [9.17, 15) is 0 Å². The van der Waals surface area contributed by atoms with Crippen molar-refractivity contribution in [3.8, 4) is 0 Å². The summed E-state index contributed by atoms with van der Waals surface area (Å²) in [6.07, 6.45) is -3.58. The van der Waals surface area contributed by atoms with E-state index in [1.54, 1.807) is 0 Å². The van der Waals surface area contributed by atoms with Crippen LogP contribution in [0.4, 0.5) is 14.4 Å². The summed E-state index contributed by atoms with van der Waals surface area (Å²) in [5.41, 5.74) is 0. The summed E-state index contributed by atoms with van der Waals surface area (Å²) >= 11 is 0. The Bertz CT molecular complexity index is 134. The molecule has 0 atom stereocenters. The van der Waals surface area contributed by atoms with Crippen LogP contribution < -0.4 is 0 Å². The van der Waals surface area contributed by atoms with Crippen LogP contribution in [0.1, 0.15) is 12.8 Å². The molecular weight excluding hydrogens is 228 g/mol. The summed E-state index contributed by atoms with van der Waals surface area (Å²) in [6.45, 7) is 7.08. The van der Waals surface area contributed by atoms with Crippen LogP contribution in [0.3, 0.4) is 0 Å². The zero-order chi connectivity index (χ0) is 14.1. The molecule has 0 fully saturated rings. The normalized spacial score (nSPS) is 6.38. The van der Waals surface area contributed by atoms with E-state index in [4.69, 9.17) is 45.0 Å². The van der Waals surface area contributed by atoms with Gasteiger partial charge in [0.05, 0.1) is 0 Å². The Labute approximate surface area is 91.2 Å². The smallest absolute Gasteiger partial charge is 0.450 e. The minimum Gasteiger partial charge on any atom is -0.450 e. The molecule has 0 aliphatic heterocycles. The van der Waals surface area contributed by atoms with E-state index < -0.39 is 18.5 Å². The predicted octanol–water partition coefficient (Wildman–Crippen LogP) is 2.10. The van der Waals surface area contributed by atoms with Crippen molar-refractivity contribution < 1.29 is 45.0 Å². The summed E-state index contributed by atoms with van der Waals surface area (Å²) in [4.78, 5) is 25.7. The summed E-state index contributed by atoms with van der Waals surface area (Å²) in [6, 6.07) is 0. The van der Waals surface area contributed by atoms with Gasteiger partial charge in [0.15, 0.2) is 0 Å². The van der Waals surface area contributed by atoms with Crippen LogP contribution in [-0.2, 0) is 0 Å². The van der Waals surface area contributed by atoms with Crippen molar-refractivity contribution in [1.29, 1.82) is 0 Å². The van der Waals surface area contributed by atoms with E-state index in [-0.39, 0.29) is 0 Å². The van der Waals surface area contributed by atoms with Crippen molar-refractivity contribution in [2.75, 3.05) is 0 Å². The number of carbonyl (C=O) groups is 3. The average Bonchev–Trinajstić information content (AvgIpc) is 2.00. The van der Waals surface area contributed by atoms with Gasteiger partial charge in [-0.3, -0.25) is 0 Å². The first-order valence-corrected chi connectivity index (χ1v) is 3.45. The van der Waals surface area contributed by atoms with E-state index in [0.717, 1.165) is 12.8 Å². The molecule has 0 aromatic rings. The molecule has 0 spiro atoms. The van der Waals surface area contributed by atoms with E-state index in [0.29, 0.717) is 0 Å². The van der Waals surface area contributed by atoms with Gasteiger partial charge in [-0.1, -0.05) is 26.7 Å². The van der Waals surface area contributed by atoms with Gasteiger partial charge >= 0.3 is 18.5 Å². The minimum atomic E-state index is -1.83. The molecule has 9 nitrogen and oxygen atoms in total. The van der Waals surface area contributed by atoms with Gasteiger partial charge in [-0.25, -0.2) is 14.4 Å². The van der Waals surface area contributed by atoms with Gasteiger partial charge in [0.25, 0.3) is 0 Å². The highest BCUT2D eigenvalue weighted by atomic mass is 16.6. The maximum absolute atomic E-state index is 8.56. The molecule has 0 unspecified atom stereocenters. The van der Waals surface area contributed by atoms with Gasteiger partial charge in [0.1, 0.15) is 0 Å². The third-order valence-electron chi connectivity index (χ3n) is 0.250. The summed E-state index contributed by atoms with van der Waals surface area (Å²) in [5.74, 6) is 0. The van der Waals surface area contributed by atoms with Crippen molar-refractivity contribution in [2.45, 2.75) is 12.8 Å². The second-order valence-corrected chi connectivity index (χ2v) is 1.55. The van der Waals surface area contributed by atoms with Crippen LogP contribution in [0, 0.1) is 13.8 Å². The molecule has 96 valence electrons. The zero-order valence-electron chi connectivity index (χ0n) is 8.24. The number of rotatable bonds is 1. The molecule has 16 heavy (non-hydrogen) atoms. The second-order valence-electron chi connectivity index (χ2n) is 1.55. The summed E-state index contributed by atoms with van der Waals surface area (Å²) in [5, 5.41) is 41.8. The van der Waals surface area contributed by atoms with Crippen LogP contribution in [-0.4, -0.2) is 49.1 Å². The van der Waals surface area contributed by atoms with Crippen LogP contribution in [0.2, 0.25) is 0 Å². The Morgan fingerprint density at radius 1 is 0.625 bits per heavy atom. The molecule has 0 saturated carbocycles. The Morgan fingerprint density at radius 2 is 0.688 bits per heavy atom. The molecule has 0 amide bonds. The highest BCUT2D eigenvalue weighted by molar-refractivity contribution is 5.53. The van der Waals surface area contributed by atoms with Gasteiger partial charge in [-0.2, -0.15) is 0 Å². The maximum atomic E-state index is 8.56. The summed E-state index contributed by atoms with van der Waals surface area (Å²) < 4.78 is 0. The van der Waals surface area contributed by atoms with Gasteiger partial charge in [-0.15, -0.1) is 0 Å². The summed E-state index contributed by atoms with van der Waals surface area (Å²) in [7, 11) is 0. The molecular formula is C7H14O9. The average molecular weight is 242 g/mol. The minimum absolute atomic E-state index is 0.958. The van der Waals surface area contributed by atoms with Crippen molar-refractivity contribution in [3.05, 3.63) is 13.8 Å². The van der Waals surface area contributed by atoms with E-state index in [1.807, 2.05) is 0 Å². The molecule has 0 heterocycles. The largest absolute Gasteiger partial charge is 0.503 e. The van der Waals surface area contributed by atoms with E-state index in [2.05, 4.69) is 13.8 Å². The Hall–Kier alpha value is -2.19. The molecule has 0 bridgehead atoms. The molecule has 0 aromatic carbocycles. The molecule has 0 aliphatic carbocycles. The van der Waals surface area contributed by atoms with Gasteiger partial charge in [0, 0.05) is 0 Å². The van der Waals surface area contributed by atoms with Crippen LogP contribution in [0.25, 0.3) is 0 Å². The van der Waals surface area contributed by atoms with E-state index in [1.165, 1.54) is 0 Å². The quantitative estimate of drug-likeness (QED) is 0.402. The van der Waals surface area contributed by atoms with Gasteiger partial charge < -0.3 is 30.6 Å². The molecule has 9 heteroatoms.